The molecule has 5 atom stereocenters. The molecule has 0 radical (unpaired) electrons. The molecular weight excluding hydrogens is 561 g/mol. The predicted octanol–water partition coefficient (Wildman–Crippen LogP) is 9.05. The average molecular weight is 625 g/mol. The zero-order valence-corrected chi connectivity index (χ0v) is 31.2. The van der Waals surface area contributed by atoms with Gasteiger partial charge in [0.2, 0.25) is 0 Å². The van der Waals surface area contributed by atoms with Crippen molar-refractivity contribution in [3.63, 3.8) is 0 Å². The first-order valence-electron chi connectivity index (χ1n) is 16.9. The Hall–Kier alpha value is -1.10. The SMILES string of the molecule is CC[Si](CC)(CC)O[C@H]1[C@@H](C)CCC/C(C)=C\C[C@@H](C(C)=O)OC(=O)C[C@H](O[Si](CC)(CC)CC)C(C)(C)C(=O)[C@@H]1C. The second-order valence-corrected chi connectivity index (χ2v) is 22.9. The quantitative estimate of drug-likeness (QED) is 0.130. The van der Waals surface area contributed by atoms with Gasteiger partial charge < -0.3 is 13.6 Å². The third-order valence-electron chi connectivity index (χ3n) is 10.5. The van der Waals surface area contributed by atoms with Crippen LogP contribution in [0, 0.1) is 17.3 Å². The van der Waals surface area contributed by atoms with E-state index in [4.69, 9.17) is 13.6 Å². The number of ketones is 2. The molecule has 0 aromatic heterocycles. The van der Waals surface area contributed by atoms with Crippen molar-refractivity contribution in [2.75, 3.05) is 0 Å². The Bertz CT molecular complexity index is 889. The molecule has 0 saturated heterocycles. The van der Waals surface area contributed by atoms with Crippen LogP contribution in [0.4, 0.5) is 0 Å². The van der Waals surface area contributed by atoms with Crippen molar-refractivity contribution in [1.29, 1.82) is 0 Å². The maximum absolute atomic E-state index is 14.6. The zero-order chi connectivity index (χ0) is 32.3. The predicted molar refractivity (Wildman–Crippen MR) is 179 cm³/mol. The standard InChI is InChI=1S/C34H64O6Si2/c1-13-41(14-2,15-3)39-30-24-31(36)38-29(28(10)35)23-22-25(7)20-19-21-26(8)32(27(9)33(37)34(30,11)12)40-42(16-4,17-5)18-6/h22,26-27,29-30,32H,13-21,23-24H2,1-12H3/b25-22-/t26-,27+,29-,30-,32-/m0/s1. The van der Waals surface area contributed by atoms with Gasteiger partial charge in [0.05, 0.1) is 18.6 Å². The van der Waals surface area contributed by atoms with Crippen LogP contribution in [0.3, 0.4) is 0 Å². The molecule has 244 valence electrons. The number of rotatable bonds is 11. The molecule has 0 saturated carbocycles. The van der Waals surface area contributed by atoms with Crippen LogP contribution in [-0.2, 0) is 28.0 Å². The molecule has 1 heterocycles. The molecule has 6 nitrogen and oxygen atoms in total. The lowest BCUT2D eigenvalue weighted by Gasteiger charge is -2.44. The highest BCUT2D eigenvalue weighted by Crippen LogP contribution is 2.39. The third kappa shape index (κ3) is 10.2. The highest BCUT2D eigenvalue weighted by Gasteiger charge is 2.48. The Morgan fingerprint density at radius 3 is 1.90 bits per heavy atom. The fraction of sp³-hybridized carbons (Fsp3) is 0.853. The number of allylic oxidation sites excluding steroid dienone is 1. The molecule has 0 spiro atoms. The first kappa shape index (κ1) is 38.9. The normalized spacial score (nSPS) is 28.6. The van der Waals surface area contributed by atoms with Crippen LogP contribution in [0.15, 0.2) is 11.6 Å². The van der Waals surface area contributed by atoms with Crippen LogP contribution in [0.25, 0.3) is 0 Å². The van der Waals surface area contributed by atoms with Crippen LogP contribution < -0.4 is 0 Å². The summed E-state index contributed by atoms with van der Waals surface area (Å²) >= 11 is 0. The van der Waals surface area contributed by atoms with Crippen LogP contribution in [0.2, 0.25) is 36.3 Å². The van der Waals surface area contributed by atoms with Gasteiger partial charge in [0, 0.05) is 17.8 Å². The minimum absolute atomic E-state index is 0.0503. The van der Waals surface area contributed by atoms with E-state index in [1.165, 1.54) is 12.5 Å². The summed E-state index contributed by atoms with van der Waals surface area (Å²) in [5.74, 6) is -0.696. The van der Waals surface area contributed by atoms with Gasteiger partial charge in [-0.3, -0.25) is 14.4 Å². The number of cyclic esters (lactones) is 1. The molecular formula is C34H64O6Si2. The Labute approximate surface area is 260 Å². The molecule has 0 fully saturated rings. The van der Waals surface area contributed by atoms with Crippen LogP contribution in [-0.4, -0.2) is 52.5 Å². The fourth-order valence-electron chi connectivity index (χ4n) is 6.57. The molecule has 1 aliphatic rings. The molecule has 0 aliphatic carbocycles. The maximum atomic E-state index is 14.6. The number of hydrogen-bond acceptors (Lipinski definition) is 6. The van der Waals surface area contributed by atoms with E-state index in [1.54, 1.807) is 0 Å². The summed E-state index contributed by atoms with van der Waals surface area (Å²) in [6.45, 7) is 24.9. The molecule has 8 heteroatoms. The van der Waals surface area contributed by atoms with E-state index in [1.807, 2.05) is 26.8 Å². The molecule has 42 heavy (non-hydrogen) atoms. The number of hydrogen-bond donors (Lipinski definition) is 0. The summed E-state index contributed by atoms with van der Waals surface area (Å²) in [7, 11) is -4.19. The van der Waals surface area contributed by atoms with Crippen molar-refractivity contribution in [3.05, 3.63) is 11.6 Å². The third-order valence-corrected chi connectivity index (χ3v) is 19.8. The smallest absolute Gasteiger partial charge is 0.309 e. The van der Waals surface area contributed by atoms with Gasteiger partial charge in [-0.1, -0.05) is 80.9 Å². The summed E-state index contributed by atoms with van der Waals surface area (Å²) < 4.78 is 19.9. The van der Waals surface area contributed by atoms with Gasteiger partial charge >= 0.3 is 5.97 Å². The summed E-state index contributed by atoms with van der Waals surface area (Å²) in [4.78, 5) is 40.5. The second kappa shape index (κ2) is 17.4. The highest BCUT2D eigenvalue weighted by molar-refractivity contribution is 6.74. The second-order valence-electron chi connectivity index (χ2n) is 13.5. The highest BCUT2D eigenvalue weighted by atomic mass is 28.4. The first-order valence-corrected chi connectivity index (χ1v) is 21.9. The molecule has 0 N–H and O–H groups in total. The lowest BCUT2D eigenvalue weighted by molar-refractivity contribution is -0.158. The lowest BCUT2D eigenvalue weighted by atomic mass is 9.73. The molecule has 0 aromatic carbocycles. The van der Waals surface area contributed by atoms with E-state index in [2.05, 4.69) is 55.4 Å². The van der Waals surface area contributed by atoms with Gasteiger partial charge in [-0.2, -0.15) is 0 Å². The number of carbonyl (C=O) groups is 3. The molecule has 1 rings (SSSR count). The van der Waals surface area contributed by atoms with Crippen LogP contribution >= 0.6 is 0 Å². The number of esters is 1. The minimum Gasteiger partial charge on any atom is -0.454 e. The summed E-state index contributed by atoms with van der Waals surface area (Å²) in [5.41, 5.74) is 0.246. The number of carbonyl (C=O) groups excluding carboxylic acids is 3. The van der Waals surface area contributed by atoms with Crippen molar-refractivity contribution >= 4 is 34.2 Å². The monoisotopic (exact) mass is 624 g/mol. The van der Waals surface area contributed by atoms with E-state index in [9.17, 15) is 14.4 Å². The molecule has 0 unspecified atom stereocenters. The van der Waals surface area contributed by atoms with Crippen molar-refractivity contribution < 1.29 is 28.0 Å². The number of Topliss-reactive ketones (excluding diaryl/α,β-unsaturated/α-hetero) is 2. The van der Waals surface area contributed by atoms with Gasteiger partial charge in [0.25, 0.3) is 0 Å². The summed E-state index contributed by atoms with van der Waals surface area (Å²) in [6.07, 6.45) is 3.55. The van der Waals surface area contributed by atoms with Crippen LogP contribution in [0.1, 0.15) is 115 Å². The van der Waals surface area contributed by atoms with Gasteiger partial charge in [0.1, 0.15) is 5.78 Å². The maximum Gasteiger partial charge on any atom is 0.309 e. The van der Waals surface area contributed by atoms with Crippen LogP contribution in [0.5, 0.6) is 0 Å². The molecule has 0 amide bonds. The zero-order valence-electron chi connectivity index (χ0n) is 29.2. The molecule has 1 aliphatic heterocycles. The lowest BCUT2D eigenvalue weighted by Crippen LogP contribution is -2.53. The Balaban J connectivity index is 3.71. The van der Waals surface area contributed by atoms with E-state index >= 15 is 0 Å². The van der Waals surface area contributed by atoms with Crippen molar-refractivity contribution in [1.82, 2.24) is 0 Å². The summed E-state index contributed by atoms with van der Waals surface area (Å²) in [6, 6.07) is 5.81. The van der Waals surface area contributed by atoms with Gasteiger partial charge in [-0.25, -0.2) is 0 Å². The van der Waals surface area contributed by atoms with Gasteiger partial charge in [-0.05, 0) is 75.3 Å². The van der Waals surface area contributed by atoms with E-state index in [0.717, 1.165) is 55.5 Å². The topological polar surface area (TPSA) is 78.9 Å². The largest absolute Gasteiger partial charge is 0.454 e. The van der Waals surface area contributed by atoms with E-state index in [0.29, 0.717) is 6.42 Å². The van der Waals surface area contributed by atoms with E-state index in [-0.39, 0.29) is 35.9 Å². The summed E-state index contributed by atoms with van der Waals surface area (Å²) in [5, 5.41) is 0. The van der Waals surface area contributed by atoms with Crippen molar-refractivity contribution in [2.45, 2.75) is 170 Å². The average Bonchev–Trinajstić information content (AvgIpc) is 2.97. The Morgan fingerprint density at radius 2 is 1.43 bits per heavy atom. The first-order chi connectivity index (χ1) is 19.6. The Morgan fingerprint density at radius 1 is 0.929 bits per heavy atom. The van der Waals surface area contributed by atoms with Crippen molar-refractivity contribution in [3.8, 4) is 0 Å². The number of ether oxygens (including phenoxy) is 1. The van der Waals surface area contributed by atoms with Gasteiger partial charge in [0.15, 0.2) is 28.5 Å². The van der Waals surface area contributed by atoms with Gasteiger partial charge in [-0.15, -0.1) is 0 Å². The van der Waals surface area contributed by atoms with Crippen molar-refractivity contribution in [2.24, 2.45) is 17.3 Å². The fourth-order valence-corrected chi connectivity index (χ4v) is 12.6. The minimum atomic E-state index is -2.19. The molecule has 0 aromatic rings. The Kier molecular flexibility index (Phi) is 16.1. The van der Waals surface area contributed by atoms with E-state index < -0.39 is 40.2 Å². The molecule has 0 bridgehead atoms.